The first-order valence-corrected chi connectivity index (χ1v) is 7.66. The van der Waals surface area contributed by atoms with E-state index in [2.05, 4.69) is 51.2 Å². The van der Waals surface area contributed by atoms with E-state index >= 15 is 0 Å². The molecule has 1 saturated carbocycles. The van der Waals surface area contributed by atoms with Crippen molar-refractivity contribution in [2.75, 3.05) is 13.7 Å². The largest absolute Gasteiger partial charge is 0.490 e. The molecule has 0 radical (unpaired) electrons. The summed E-state index contributed by atoms with van der Waals surface area (Å²) in [6.45, 7) is 9.05. The topological polar surface area (TPSA) is 45.0 Å². The zero-order valence-corrected chi connectivity index (χ0v) is 13.8. The predicted molar refractivity (Wildman–Crippen MR) is 85.5 cm³/mol. The first kappa shape index (κ1) is 15.9. The molecule has 0 spiro atoms. The van der Waals surface area contributed by atoms with E-state index < -0.39 is 5.54 Å². The van der Waals surface area contributed by atoms with E-state index in [1.165, 1.54) is 11.1 Å². The first-order chi connectivity index (χ1) is 9.82. The monoisotopic (exact) mass is 286 g/mol. The van der Waals surface area contributed by atoms with E-state index in [9.17, 15) is 5.26 Å². The molecule has 0 amide bonds. The van der Waals surface area contributed by atoms with Crippen LogP contribution >= 0.6 is 0 Å². The van der Waals surface area contributed by atoms with Crippen molar-refractivity contribution in [2.45, 2.75) is 51.5 Å². The second-order valence-electron chi connectivity index (χ2n) is 7.15. The van der Waals surface area contributed by atoms with Crippen LogP contribution in [0.3, 0.4) is 0 Å². The Hall–Kier alpha value is -1.53. The lowest BCUT2D eigenvalue weighted by atomic mass is 9.85. The molecule has 1 atom stereocenters. The van der Waals surface area contributed by atoms with Crippen LogP contribution in [-0.4, -0.2) is 19.2 Å². The van der Waals surface area contributed by atoms with Gasteiger partial charge < -0.3 is 4.74 Å². The molecule has 1 N–H and O–H groups in total. The lowest BCUT2D eigenvalue weighted by Gasteiger charge is -2.29. The number of nitriles is 1. The highest BCUT2D eigenvalue weighted by Crippen LogP contribution is 2.40. The lowest BCUT2D eigenvalue weighted by molar-refractivity contribution is 0.207. The second kappa shape index (κ2) is 5.69. The summed E-state index contributed by atoms with van der Waals surface area (Å²) in [5, 5.41) is 12.7. The molecule has 21 heavy (non-hydrogen) atoms. The molecule has 1 aliphatic rings. The van der Waals surface area contributed by atoms with Gasteiger partial charge in [-0.3, -0.25) is 5.32 Å². The smallest absolute Gasteiger partial charge is 0.143 e. The van der Waals surface area contributed by atoms with Crippen molar-refractivity contribution < 1.29 is 4.74 Å². The highest BCUT2D eigenvalue weighted by molar-refractivity contribution is 5.41. The summed E-state index contributed by atoms with van der Waals surface area (Å²) in [5.74, 6) is 1.31. The minimum atomic E-state index is -0.556. The summed E-state index contributed by atoms with van der Waals surface area (Å²) in [7, 11) is 1.85. The Bertz CT molecular complexity index is 549. The van der Waals surface area contributed by atoms with Gasteiger partial charge in [0.2, 0.25) is 0 Å². The molecule has 0 saturated heterocycles. The van der Waals surface area contributed by atoms with Crippen LogP contribution in [0.1, 0.15) is 44.7 Å². The van der Waals surface area contributed by atoms with Crippen LogP contribution in [0.2, 0.25) is 0 Å². The van der Waals surface area contributed by atoms with Gasteiger partial charge in [-0.25, -0.2) is 0 Å². The molecule has 1 fully saturated rings. The summed E-state index contributed by atoms with van der Waals surface area (Å²) in [4.78, 5) is 0. The van der Waals surface area contributed by atoms with Crippen molar-refractivity contribution in [3.8, 4) is 11.8 Å². The Morgan fingerprint density at radius 3 is 2.48 bits per heavy atom. The highest BCUT2D eigenvalue weighted by atomic mass is 16.5. The number of aryl methyl sites for hydroxylation is 1. The standard InChI is InChI=1S/C18H26N2O/c1-13-6-9-16(15(10-13)17(2,3)4)21-12-18(11-19,20-5)14-7-8-14/h6,9-10,14,20H,7-8,12H2,1-5H3. The maximum absolute atomic E-state index is 9.55. The molecule has 0 heterocycles. The molecule has 1 aliphatic carbocycles. The summed E-state index contributed by atoms with van der Waals surface area (Å²) in [6, 6.07) is 8.70. The van der Waals surface area contributed by atoms with Crippen LogP contribution in [0, 0.1) is 24.2 Å². The number of nitrogens with one attached hydrogen (secondary N) is 1. The Morgan fingerprint density at radius 2 is 2.00 bits per heavy atom. The predicted octanol–water partition coefficient (Wildman–Crippen LogP) is 3.56. The molecule has 1 aromatic carbocycles. The van der Waals surface area contributed by atoms with Crippen molar-refractivity contribution in [3.05, 3.63) is 29.3 Å². The van der Waals surface area contributed by atoms with E-state index in [0.717, 1.165) is 18.6 Å². The maximum atomic E-state index is 9.55. The molecule has 0 aliphatic heterocycles. The van der Waals surface area contributed by atoms with Gasteiger partial charge in [0.1, 0.15) is 17.9 Å². The van der Waals surface area contributed by atoms with Gasteiger partial charge in [0.15, 0.2) is 0 Å². The molecule has 3 nitrogen and oxygen atoms in total. The number of benzene rings is 1. The molecule has 114 valence electrons. The van der Waals surface area contributed by atoms with Gasteiger partial charge in [-0.2, -0.15) is 5.26 Å². The van der Waals surface area contributed by atoms with Gasteiger partial charge in [-0.05, 0) is 49.8 Å². The molecular formula is C18H26N2O. The number of hydrogen-bond donors (Lipinski definition) is 1. The zero-order valence-electron chi connectivity index (χ0n) is 13.8. The van der Waals surface area contributed by atoms with E-state index in [-0.39, 0.29) is 5.41 Å². The van der Waals surface area contributed by atoms with Crippen LogP contribution in [0.15, 0.2) is 18.2 Å². The minimum Gasteiger partial charge on any atom is -0.490 e. The molecule has 3 heteroatoms. The normalized spacial score (nSPS) is 17.9. The summed E-state index contributed by atoms with van der Waals surface area (Å²) in [5.41, 5.74) is 1.89. The Labute approximate surface area is 128 Å². The number of rotatable bonds is 5. The Morgan fingerprint density at radius 1 is 1.33 bits per heavy atom. The van der Waals surface area contributed by atoms with Crippen LogP contribution < -0.4 is 10.1 Å². The minimum absolute atomic E-state index is 0.0237. The average Bonchev–Trinajstić information content (AvgIpc) is 3.26. The van der Waals surface area contributed by atoms with Crippen LogP contribution in [0.4, 0.5) is 0 Å². The average molecular weight is 286 g/mol. The van der Waals surface area contributed by atoms with Gasteiger partial charge in [-0.1, -0.05) is 38.5 Å². The molecular weight excluding hydrogens is 260 g/mol. The molecule has 0 aromatic heterocycles. The van der Waals surface area contributed by atoms with Crippen molar-refractivity contribution in [3.63, 3.8) is 0 Å². The van der Waals surface area contributed by atoms with Gasteiger partial charge in [0, 0.05) is 0 Å². The Kier molecular flexibility index (Phi) is 4.30. The van der Waals surface area contributed by atoms with Crippen molar-refractivity contribution in [1.82, 2.24) is 5.32 Å². The number of hydrogen-bond acceptors (Lipinski definition) is 3. The fourth-order valence-electron chi connectivity index (χ4n) is 2.70. The number of nitrogens with zero attached hydrogens (tertiary/aromatic N) is 1. The van der Waals surface area contributed by atoms with Crippen LogP contribution in [-0.2, 0) is 5.41 Å². The van der Waals surface area contributed by atoms with Gasteiger partial charge in [-0.15, -0.1) is 0 Å². The molecule has 0 bridgehead atoms. The molecule has 2 rings (SSSR count). The SMILES string of the molecule is CNC(C#N)(COc1ccc(C)cc1C(C)(C)C)C1CC1. The first-order valence-electron chi connectivity index (χ1n) is 7.66. The molecule has 1 unspecified atom stereocenters. The third-order valence-corrected chi connectivity index (χ3v) is 4.32. The number of likely N-dealkylation sites (N-methyl/N-ethyl adjacent to an activating group) is 1. The van der Waals surface area contributed by atoms with E-state index in [1.807, 2.05) is 13.1 Å². The van der Waals surface area contributed by atoms with E-state index in [0.29, 0.717) is 12.5 Å². The maximum Gasteiger partial charge on any atom is 0.143 e. The van der Waals surface area contributed by atoms with E-state index in [4.69, 9.17) is 4.74 Å². The van der Waals surface area contributed by atoms with Crippen molar-refractivity contribution in [2.24, 2.45) is 5.92 Å². The van der Waals surface area contributed by atoms with Gasteiger partial charge in [0.25, 0.3) is 0 Å². The van der Waals surface area contributed by atoms with Gasteiger partial charge >= 0.3 is 0 Å². The second-order valence-corrected chi connectivity index (χ2v) is 7.15. The van der Waals surface area contributed by atoms with Crippen LogP contribution in [0.5, 0.6) is 5.75 Å². The third kappa shape index (κ3) is 3.39. The van der Waals surface area contributed by atoms with Crippen molar-refractivity contribution >= 4 is 0 Å². The summed E-state index contributed by atoms with van der Waals surface area (Å²) < 4.78 is 6.08. The van der Waals surface area contributed by atoms with E-state index in [1.54, 1.807) is 0 Å². The van der Waals surface area contributed by atoms with Gasteiger partial charge in [0.05, 0.1) is 6.07 Å². The fourth-order valence-corrected chi connectivity index (χ4v) is 2.70. The number of ether oxygens (including phenoxy) is 1. The molecule has 1 aromatic rings. The highest BCUT2D eigenvalue weighted by Gasteiger charge is 2.45. The fraction of sp³-hybridized carbons (Fsp3) is 0.611. The van der Waals surface area contributed by atoms with Crippen molar-refractivity contribution in [1.29, 1.82) is 5.26 Å². The lowest BCUT2D eigenvalue weighted by Crippen LogP contribution is -2.49. The third-order valence-electron chi connectivity index (χ3n) is 4.32. The summed E-state index contributed by atoms with van der Waals surface area (Å²) >= 11 is 0. The zero-order chi connectivity index (χ0) is 15.7. The Balaban J connectivity index is 2.22. The quantitative estimate of drug-likeness (QED) is 0.900. The van der Waals surface area contributed by atoms with Crippen LogP contribution in [0.25, 0.3) is 0 Å². The summed E-state index contributed by atoms with van der Waals surface area (Å²) in [6.07, 6.45) is 2.22.